The van der Waals surface area contributed by atoms with Crippen molar-refractivity contribution < 1.29 is 28.5 Å². The Morgan fingerprint density at radius 3 is 2.32 bits per heavy atom. The smallest absolute Gasteiger partial charge is 0.335 e. The van der Waals surface area contributed by atoms with Gasteiger partial charge in [0, 0.05) is 40.6 Å². The number of aromatic carboxylic acids is 1. The Bertz CT molecular complexity index is 1410. The highest BCUT2D eigenvalue weighted by atomic mass is 35.5. The molecule has 0 aliphatic carbocycles. The second-order valence-corrected chi connectivity index (χ2v) is 9.11. The molecule has 5 nitrogen and oxygen atoms in total. The molecule has 4 aromatic rings. The van der Waals surface area contributed by atoms with E-state index >= 15 is 0 Å². The van der Waals surface area contributed by atoms with Crippen molar-refractivity contribution in [1.29, 1.82) is 0 Å². The quantitative estimate of drug-likeness (QED) is 0.324. The van der Waals surface area contributed by atoms with Crippen molar-refractivity contribution in [3.8, 4) is 22.6 Å². The number of phenolic OH excluding ortho intramolecular Hbond substituents is 1. The largest absolute Gasteiger partial charge is 0.507 e. The van der Waals surface area contributed by atoms with Crippen LogP contribution in [0.4, 0.5) is 8.78 Å². The lowest BCUT2D eigenvalue weighted by Crippen LogP contribution is -2.27. The summed E-state index contributed by atoms with van der Waals surface area (Å²) in [7, 11) is 1.56. The van der Waals surface area contributed by atoms with E-state index in [0.29, 0.717) is 33.4 Å². The highest BCUT2D eigenvalue weighted by molar-refractivity contribution is 6.31. The lowest BCUT2D eigenvalue weighted by Gasteiger charge is -2.28. The standard InChI is InChI=1S/C26H22ClF2NO4/c1-26(2,13-34-3)24-22(14-4-6-15(7-5-14)25(32)33)23-20(10-16(27)11-21(23)31)30(24)17-8-9-18(28)19(29)12-17/h4-12,31H,13H2,1-3H3,(H,32,33). The number of nitrogens with zero attached hydrogens (tertiary/aromatic N) is 1. The molecule has 0 bridgehead atoms. The molecule has 0 saturated carbocycles. The lowest BCUT2D eigenvalue weighted by molar-refractivity contribution is 0.0697. The second-order valence-electron chi connectivity index (χ2n) is 8.68. The number of methoxy groups -OCH3 is 1. The molecule has 0 saturated heterocycles. The van der Waals surface area contributed by atoms with E-state index in [4.69, 9.17) is 16.3 Å². The summed E-state index contributed by atoms with van der Waals surface area (Å²) in [4.78, 5) is 11.4. The minimum absolute atomic E-state index is 0.101. The van der Waals surface area contributed by atoms with Gasteiger partial charge in [-0.15, -0.1) is 0 Å². The predicted octanol–water partition coefficient (Wildman–Crippen LogP) is 6.56. The first-order valence-electron chi connectivity index (χ1n) is 10.4. The molecule has 0 unspecified atom stereocenters. The maximum atomic E-state index is 14.3. The molecule has 0 fully saturated rings. The third-order valence-corrected chi connectivity index (χ3v) is 5.96. The van der Waals surface area contributed by atoms with Crippen LogP contribution in [0.25, 0.3) is 27.7 Å². The highest BCUT2D eigenvalue weighted by Gasteiger charge is 2.33. The number of aromatic nitrogens is 1. The molecule has 176 valence electrons. The summed E-state index contributed by atoms with van der Waals surface area (Å²) >= 11 is 6.28. The number of aromatic hydroxyl groups is 1. The Hall–Kier alpha value is -3.42. The Morgan fingerprint density at radius 1 is 1.06 bits per heavy atom. The minimum atomic E-state index is -1.06. The summed E-state index contributed by atoms with van der Waals surface area (Å²) in [6, 6.07) is 12.8. The Kier molecular flexibility index (Phi) is 6.10. The van der Waals surface area contributed by atoms with Crippen LogP contribution in [0.3, 0.4) is 0 Å². The van der Waals surface area contributed by atoms with E-state index in [1.807, 2.05) is 13.8 Å². The molecular formula is C26H22ClF2NO4. The lowest BCUT2D eigenvalue weighted by atomic mass is 9.84. The van der Waals surface area contributed by atoms with E-state index in [1.54, 1.807) is 29.9 Å². The van der Waals surface area contributed by atoms with E-state index in [-0.39, 0.29) is 22.9 Å². The molecule has 0 aliphatic heterocycles. The number of carboxylic acids is 1. The molecule has 1 aromatic heterocycles. The van der Waals surface area contributed by atoms with Gasteiger partial charge >= 0.3 is 5.97 Å². The molecule has 4 rings (SSSR count). The molecule has 3 aromatic carbocycles. The SMILES string of the molecule is COCC(C)(C)c1c(-c2ccc(C(=O)O)cc2)c2c(O)cc(Cl)cc2n1-c1ccc(F)c(F)c1. The van der Waals surface area contributed by atoms with Crippen LogP contribution in [0.15, 0.2) is 54.6 Å². The van der Waals surface area contributed by atoms with Crippen LogP contribution >= 0.6 is 11.6 Å². The van der Waals surface area contributed by atoms with Gasteiger partial charge in [0.15, 0.2) is 11.6 Å². The third-order valence-electron chi connectivity index (χ3n) is 5.74. The minimum Gasteiger partial charge on any atom is -0.507 e. The molecule has 0 atom stereocenters. The fraction of sp³-hybridized carbons (Fsp3) is 0.192. The van der Waals surface area contributed by atoms with Gasteiger partial charge in [0.25, 0.3) is 0 Å². The van der Waals surface area contributed by atoms with Gasteiger partial charge in [0.05, 0.1) is 23.1 Å². The molecule has 34 heavy (non-hydrogen) atoms. The van der Waals surface area contributed by atoms with E-state index in [2.05, 4.69) is 0 Å². The zero-order chi connectivity index (χ0) is 24.8. The van der Waals surface area contributed by atoms with Crippen LogP contribution in [0, 0.1) is 11.6 Å². The van der Waals surface area contributed by atoms with Gasteiger partial charge in [-0.1, -0.05) is 37.6 Å². The topological polar surface area (TPSA) is 71.7 Å². The van der Waals surface area contributed by atoms with Crippen molar-refractivity contribution in [2.45, 2.75) is 19.3 Å². The molecular weight excluding hydrogens is 464 g/mol. The summed E-state index contributed by atoms with van der Waals surface area (Å²) in [5.74, 6) is -3.17. The van der Waals surface area contributed by atoms with E-state index < -0.39 is 23.0 Å². The van der Waals surface area contributed by atoms with Gasteiger partial charge in [-0.25, -0.2) is 13.6 Å². The predicted molar refractivity (Wildman–Crippen MR) is 127 cm³/mol. The Morgan fingerprint density at radius 2 is 1.74 bits per heavy atom. The van der Waals surface area contributed by atoms with Crippen molar-refractivity contribution in [2.75, 3.05) is 13.7 Å². The van der Waals surface area contributed by atoms with Crippen molar-refractivity contribution in [2.24, 2.45) is 0 Å². The van der Waals surface area contributed by atoms with Gasteiger partial charge in [-0.3, -0.25) is 0 Å². The van der Waals surface area contributed by atoms with E-state index in [1.165, 1.54) is 24.3 Å². The van der Waals surface area contributed by atoms with Gasteiger partial charge in [0.2, 0.25) is 0 Å². The zero-order valence-electron chi connectivity index (χ0n) is 18.7. The average molecular weight is 486 g/mol. The number of phenols is 1. The summed E-state index contributed by atoms with van der Waals surface area (Å²) in [5, 5.41) is 21.0. The van der Waals surface area contributed by atoms with Crippen LogP contribution < -0.4 is 0 Å². The van der Waals surface area contributed by atoms with Gasteiger partial charge < -0.3 is 19.5 Å². The van der Waals surface area contributed by atoms with Crippen molar-refractivity contribution in [1.82, 2.24) is 4.57 Å². The van der Waals surface area contributed by atoms with Crippen LogP contribution in [0.5, 0.6) is 5.75 Å². The van der Waals surface area contributed by atoms with Gasteiger partial charge in [-0.05, 0) is 42.0 Å². The van der Waals surface area contributed by atoms with Crippen molar-refractivity contribution >= 4 is 28.5 Å². The summed E-state index contributed by atoms with van der Waals surface area (Å²) in [6.45, 7) is 4.12. The number of halogens is 3. The van der Waals surface area contributed by atoms with Crippen LogP contribution in [-0.4, -0.2) is 34.5 Å². The number of carboxylic acid groups (broad SMARTS) is 1. The molecule has 0 spiro atoms. The average Bonchev–Trinajstić information content (AvgIpc) is 3.12. The molecule has 0 radical (unpaired) electrons. The van der Waals surface area contributed by atoms with Crippen LogP contribution in [-0.2, 0) is 10.2 Å². The van der Waals surface area contributed by atoms with Gasteiger partial charge in [-0.2, -0.15) is 0 Å². The fourth-order valence-corrected chi connectivity index (χ4v) is 4.59. The maximum absolute atomic E-state index is 14.3. The number of carbonyl (C=O) groups is 1. The fourth-order valence-electron chi connectivity index (χ4n) is 4.38. The molecule has 2 N–H and O–H groups in total. The Labute approximate surface area is 199 Å². The van der Waals surface area contributed by atoms with E-state index in [9.17, 15) is 23.8 Å². The number of benzene rings is 3. The first-order valence-corrected chi connectivity index (χ1v) is 10.8. The van der Waals surface area contributed by atoms with Crippen LogP contribution in [0.2, 0.25) is 5.02 Å². The summed E-state index contributed by atoms with van der Waals surface area (Å²) < 4.78 is 35.3. The molecule has 8 heteroatoms. The number of hydrogen-bond acceptors (Lipinski definition) is 3. The summed E-state index contributed by atoms with van der Waals surface area (Å²) in [5.41, 5.74) is 2.12. The number of fused-ring (bicyclic) bond motifs is 1. The first-order chi connectivity index (χ1) is 16.0. The molecule has 0 amide bonds. The maximum Gasteiger partial charge on any atom is 0.335 e. The van der Waals surface area contributed by atoms with E-state index in [0.717, 1.165) is 12.1 Å². The highest BCUT2D eigenvalue weighted by Crippen LogP contribution is 2.47. The number of rotatable bonds is 6. The third kappa shape index (κ3) is 4.02. The van der Waals surface area contributed by atoms with Gasteiger partial charge in [0.1, 0.15) is 5.75 Å². The normalized spacial score (nSPS) is 11.8. The molecule has 0 aliphatic rings. The van der Waals surface area contributed by atoms with Crippen molar-refractivity contribution in [3.05, 3.63) is 82.5 Å². The molecule has 1 heterocycles. The number of ether oxygens (including phenoxy) is 1. The Balaban J connectivity index is 2.19. The zero-order valence-corrected chi connectivity index (χ0v) is 19.5. The monoisotopic (exact) mass is 485 g/mol. The second kappa shape index (κ2) is 8.74. The summed E-state index contributed by atoms with van der Waals surface area (Å²) in [6.07, 6.45) is 0. The number of hydrogen-bond donors (Lipinski definition) is 2. The van der Waals surface area contributed by atoms with Crippen LogP contribution in [0.1, 0.15) is 29.9 Å². The first kappa shape index (κ1) is 23.7. The van der Waals surface area contributed by atoms with Crippen molar-refractivity contribution in [3.63, 3.8) is 0 Å².